The molecule has 3 atom stereocenters. The van der Waals surface area contributed by atoms with Crippen molar-refractivity contribution in [1.82, 2.24) is 10.6 Å². The third-order valence-electron chi connectivity index (χ3n) is 5.54. The number of benzene rings is 2. The summed E-state index contributed by atoms with van der Waals surface area (Å²) < 4.78 is 5.82. The molecule has 2 aromatic carbocycles. The summed E-state index contributed by atoms with van der Waals surface area (Å²) >= 11 is 0. The van der Waals surface area contributed by atoms with Gasteiger partial charge in [0.2, 0.25) is 0 Å². The van der Waals surface area contributed by atoms with Gasteiger partial charge in [-0.15, -0.1) is 24.0 Å². The lowest BCUT2D eigenvalue weighted by Crippen LogP contribution is -2.45. The largest absolute Gasteiger partial charge is 0.389 e. The Hall–Kier alpha value is -1.84. The first-order valence-electron chi connectivity index (χ1n) is 11.3. The van der Waals surface area contributed by atoms with Crippen LogP contribution in [0.1, 0.15) is 37.5 Å². The van der Waals surface area contributed by atoms with Gasteiger partial charge < -0.3 is 25.4 Å². The van der Waals surface area contributed by atoms with Crippen LogP contribution in [0, 0.1) is 6.92 Å². The SMILES string of the molecule is CCNC(=NCC(O)COC(C)c1ccccc1)NC1CCN(c2ccc(C)cc2)C1.I. The van der Waals surface area contributed by atoms with Gasteiger partial charge in [0, 0.05) is 31.4 Å². The molecule has 1 aliphatic heterocycles. The molecule has 2 aromatic rings. The fourth-order valence-corrected chi connectivity index (χ4v) is 3.71. The maximum absolute atomic E-state index is 10.3. The Bertz CT molecular complexity index is 816. The third kappa shape index (κ3) is 8.26. The minimum absolute atomic E-state index is 0. The fourth-order valence-electron chi connectivity index (χ4n) is 3.71. The zero-order valence-corrected chi connectivity index (χ0v) is 21.7. The normalized spacial score (nSPS) is 18.1. The number of halogens is 1. The Labute approximate surface area is 209 Å². The molecule has 0 amide bonds. The molecule has 7 heteroatoms. The summed E-state index contributed by atoms with van der Waals surface area (Å²) in [5.41, 5.74) is 3.64. The monoisotopic (exact) mass is 552 g/mol. The highest BCUT2D eigenvalue weighted by atomic mass is 127. The number of rotatable bonds is 9. The Kier molecular flexibility index (Phi) is 11.3. The second-order valence-corrected chi connectivity index (χ2v) is 8.17. The second kappa shape index (κ2) is 13.6. The van der Waals surface area contributed by atoms with Crippen LogP contribution in [0.2, 0.25) is 0 Å². The van der Waals surface area contributed by atoms with Gasteiger partial charge in [0.1, 0.15) is 0 Å². The molecule has 1 heterocycles. The lowest BCUT2D eigenvalue weighted by Gasteiger charge is -2.21. The summed E-state index contributed by atoms with van der Waals surface area (Å²) in [7, 11) is 0. The van der Waals surface area contributed by atoms with Gasteiger partial charge in [-0.1, -0.05) is 48.0 Å². The number of nitrogens with one attached hydrogen (secondary N) is 2. The minimum atomic E-state index is -0.644. The first kappa shape index (κ1) is 26.4. The molecule has 3 N–H and O–H groups in total. The van der Waals surface area contributed by atoms with Crippen molar-refractivity contribution >= 4 is 35.6 Å². The molecule has 0 saturated carbocycles. The number of aliphatic imine (C=N–C) groups is 1. The highest BCUT2D eigenvalue weighted by Gasteiger charge is 2.23. The van der Waals surface area contributed by atoms with Gasteiger partial charge in [-0.2, -0.15) is 0 Å². The maximum atomic E-state index is 10.3. The van der Waals surface area contributed by atoms with Gasteiger partial charge in [-0.3, -0.25) is 4.99 Å². The highest BCUT2D eigenvalue weighted by molar-refractivity contribution is 14.0. The van der Waals surface area contributed by atoms with Crippen molar-refractivity contribution in [2.24, 2.45) is 4.99 Å². The number of hydrogen-bond acceptors (Lipinski definition) is 4. The summed E-state index contributed by atoms with van der Waals surface area (Å²) in [6, 6.07) is 19.0. The van der Waals surface area contributed by atoms with Crippen molar-refractivity contribution in [3.8, 4) is 0 Å². The van der Waals surface area contributed by atoms with Gasteiger partial charge in [-0.05, 0) is 44.9 Å². The number of guanidine groups is 1. The van der Waals surface area contributed by atoms with Crippen molar-refractivity contribution < 1.29 is 9.84 Å². The second-order valence-electron chi connectivity index (χ2n) is 8.17. The van der Waals surface area contributed by atoms with Crippen LogP contribution in [-0.2, 0) is 4.74 Å². The Morgan fingerprint density at radius 1 is 1.19 bits per heavy atom. The van der Waals surface area contributed by atoms with Gasteiger partial charge in [0.05, 0.1) is 25.4 Å². The molecular formula is C25H37IN4O2. The molecule has 3 rings (SSSR count). The quantitative estimate of drug-likeness (QED) is 0.250. The first-order valence-corrected chi connectivity index (χ1v) is 11.3. The predicted molar refractivity (Wildman–Crippen MR) is 143 cm³/mol. The molecule has 0 aliphatic carbocycles. The number of anilines is 1. The van der Waals surface area contributed by atoms with Crippen molar-refractivity contribution in [3.05, 3.63) is 65.7 Å². The van der Waals surface area contributed by atoms with Crippen LogP contribution in [0.4, 0.5) is 5.69 Å². The Morgan fingerprint density at radius 2 is 1.91 bits per heavy atom. The molecule has 32 heavy (non-hydrogen) atoms. The summed E-state index contributed by atoms with van der Waals surface area (Å²) in [6.07, 6.45) is 0.352. The molecule has 176 valence electrons. The van der Waals surface area contributed by atoms with E-state index >= 15 is 0 Å². The lowest BCUT2D eigenvalue weighted by atomic mass is 10.1. The number of ether oxygens (including phenoxy) is 1. The third-order valence-corrected chi connectivity index (χ3v) is 5.54. The van der Waals surface area contributed by atoms with Crippen molar-refractivity contribution in [2.75, 3.05) is 37.7 Å². The molecule has 1 aliphatic rings. The van der Waals surface area contributed by atoms with Gasteiger partial charge in [-0.25, -0.2) is 0 Å². The average molecular weight is 553 g/mol. The predicted octanol–water partition coefficient (Wildman–Crippen LogP) is 3.89. The number of aliphatic hydroxyl groups is 1. The Balaban J connectivity index is 0.00000363. The molecule has 1 fully saturated rings. The van der Waals surface area contributed by atoms with E-state index in [1.165, 1.54) is 11.3 Å². The van der Waals surface area contributed by atoms with Gasteiger partial charge >= 0.3 is 0 Å². The van der Waals surface area contributed by atoms with E-state index in [0.717, 1.165) is 37.6 Å². The van der Waals surface area contributed by atoms with Crippen molar-refractivity contribution in [2.45, 2.75) is 45.4 Å². The van der Waals surface area contributed by atoms with Crippen molar-refractivity contribution in [3.63, 3.8) is 0 Å². The number of aliphatic hydroxyl groups excluding tert-OH is 1. The minimum Gasteiger partial charge on any atom is -0.389 e. The van der Waals surface area contributed by atoms with Crippen LogP contribution < -0.4 is 15.5 Å². The van der Waals surface area contributed by atoms with E-state index in [1.54, 1.807) is 0 Å². The van der Waals surface area contributed by atoms with E-state index in [0.29, 0.717) is 12.6 Å². The van der Waals surface area contributed by atoms with E-state index in [9.17, 15) is 5.11 Å². The number of hydrogen-bond donors (Lipinski definition) is 3. The summed E-state index contributed by atoms with van der Waals surface area (Å²) in [6.45, 7) is 9.44. The lowest BCUT2D eigenvalue weighted by molar-refractivity contribution is 0.00111. The van der Waals surface area contributed by atoms with Crippen LogP contribution in [0.3, 0.4) is 0 Å². The number of aryl methyl sites for hydroxylation is 1. The molecule has 0 radical (unpaired) electrons. The van der Waals surface area contributed by atoms with Crippen LogP contribution in [0.5, 0.6) is 0 Å². The molecule has 6 nitrogen and oxygen atoms in total. The van der Waals surface area contributed by atoms with Crippen LogP contribution in [-0.4, -0.2) is 56.0 Å². The Morgan fingerprint density at radius 3 is 2.59 bits per heavy atom. The van der Waals surface area contributed by atoms with Gasteiger partial charge in [0.15, 0.2) is 5.96 Å². The molecule has 1 saturated heterocycles. The molecular weight excluding hydrogens is 515 g/mol. The van der Waals surface area contributed by atoms with E-state index in [1.807, 2.05) is 44.2 Å². The molecule has 0 bridgehead atoms. The van der Waals surface area contributed by atoms with Gasteiger partial charge in [0.25, 0.3) is 0 Å². The summed E-state index contributed by atoms with van der Waals surface area (Å²) in [4.78, 5) is 6.98. The van der Waals surface area contributed by atoms with Crippen LogP contribution >= 0.6 is 24.0 Å². The van der Waals surface area contributed by atoms with E-state index in [-0.39, 0.29) is 36.7 Å². The fraction of sp³-hybridized carbons (Fsp3) is 0.480. The molecule has 3 unspecified atom stereocenters. The standard InChI is InChI=1S/C25H36N4O2.HI/c1-4-26-25(27-16-24(30)18-31-20(3)21-8-6-5-7-9-21)28-22-14-15-29(17-22)23-12-10-19(2)11-13-23;/h5-13,20,22,24,30H,4,14-18H2,1-3H3,(H2,26,27,28);1H. The highest BCUT2D eigenvalue weighted by Crippen LogP contribution is 2.20. The molecule has 0 spiro atoms. The maximum Gasteiger partial charge on any atom is 0.191 e. The average Bonchev–Trinajstić information content (AvgIpc) is 3.25. The summed E-state index contributed by atoms with van der Waals surface area (Å²) in [5.74, 6) is 0.744. The summed E-state index contributed by atoms with van der Waals surface area (Å²) in [5, 5.41) is 17.1. The topological polar surface area (TPSA) is 69.1 Å². The number of nitrogens with zero attached hydrogens (tertiary/aromatic N) is 2. The van der Waals surface area contributed by atoms with E-state index < -0.39 is 6.10 Å². The molecule has 0 aromatic heterocycles. The first-order chi connectivity index (χ1) is 15.0. The van der Waals surface area contributed by atoms with E-state index in [2.05, 4.69) is 51.7 Å². The van der Waals surface area contributed by atoms with Crippen LogP contribution in [0.15, 0.2) is 59.6 Å². The zero-order valence-electron chi connectivity index (χ0n) is 19.3. The van der Waals surface area contributed by atoms with Crippen molar-refractivity contribution in [1.29, 1.82) is 0 Å². The smallest absolute Gasteiger partial charge is 0.191 e. The van der Waals surface area contributed by atoms with Crippen LogP contribution in [0.25, 0.3) is 0 Å². The zero-order chi connectivity index (χ0) is 22.1. The van der Waals surface area contributed by atoms with E-state index in [4.69, 9.17) is 4.74 Å².